The van der Waals surface area contributed by atoms with Crippen LogP contribution < -0.4 is 5.23 Å². The lowest BCUT2D eigenvalue weighted by Crippen LogP contribution is -2.10. The standard InChI is InChI=1S/C7H8N2O4/c10-8(11)5-6-1-3-7(4-2-6)9(12)13/h1-4,10,12H,5H2/q-2. The molecule has 0 aliphatic heterocycles. The first-order chi connectivity index (χ1) is 6.09. The van der Waals surface area contributed by atoms with E-state index in [9.17, 15) is 10.4 Å². The zero-order valence-corrected chi connectivity index (χ0v) is 6.62. The van der Waals surface area contributed by atoms with E-state index in [1.807, 2.05) is 0 Å². The second kappa shape index (κ2) is 4.17. The Hall–Kier alpha value is -1.18. The van der Waals surface area contributed by atoms with E-state index in [2.05, 4.69) is 0 Å². The fraction of sp³-hybridized carbons (Fsp3) is 0.143. The third-order valence-corrected chi connectivity index (χ3v) is 1.48. The predicted octanol–water partition coefficient (Wildman–Crippen LogP) is 1.07. The Balaban J connectivity index is 2.70. The maximum absolute atomic E-state index is 10.3. The molecular weight excluding hydrogens is 176 g/mol. The number of hydrogen-bond acceptors (Lipinski definition) is 6. The van der Waals surface area contributed by atoms with Crippen molar-refractivity contribution in [3.63, 3.8) is 0 Å². The van der Waals surface area contributed by atoms with Gasteiger partial charge in [-0.3, -0.25) is 10.4 Å². The summed E-state index contributed by atoms with van der Waals surface area (Å²) in [6.45, 7) is -0.176. The second-order valence-electron chi connectivity index (χ2n) is 2.45. The van der Waals surface area contributed by atoms with E-state index in [-0.39, 0.29) is 22.7 Å². The molecule has 6 heteroatoms. The number of benzene rings is 1. The summed E-state index contributed by atoms with van der Waals surface area (Å²) in [6.07, 6.45) is 0. The number of anilines is 1. The third kappa shape index (κ3) is 2.98. The van der Waals surface area contributed by atoms with Gasteiger partial charge in [-0.05, 0) is 17.7 Å². The zero-order valence-electron chi connectivity index (χ0n) is 6.62. The van der Waals surface area contributed by atoms with Gasteiger partial charge in [-0.1, -0.05) is 12.1 Å². The van der Waals surface area contributed by atoms with Crippen molar-refractivity contribution >= 4 is 5.69 Å². The summed E-state index contributed by atoms with van der Waals surface area (Å²) in [5, 5.41) is 36.8. The number of nitrogens with zero attached hydrogens (tertiary/aromatic N) is 2. The van der Waals surface area contributed by atoms with Crippen molar-refractivity contribution < 1.29 is 10.4 Å². The first-order valence-corrected chi connectivity index (χ1v) is 3.48. The molecule has 0 radical (unpaired) electrons. The average Bonchev–Trinajstić information content (AvgIpc) is 2.04. The van der Waals surface area contributed by atoms with Gasteiger partial charge in [0.2, 0.25) is 0 Å². The summed E-state index contributed by atoms with van der Waals surface area (Å²) in [5.41, 5.74) is 0.613. The van der Waals surface area contributed by atoms with Crippen molar-refractivity contribution in [1.82, 2.24) is 5.23 Å². The molecule has 2 N–H and O–H groups in total. The molecule has 0 aliphatic rings. The van der Waals surface area contributed by atoms with Crippen LogP contribution in [0.3, 0.4) is 0 Å². The predicted molar refractivity (Wildman–Crippen MR) is 44.8 cm³/mol. The van der Waals surface area contributed by atoms with Crippen molar-refractivity contribution in [3.05, 3.63) is 40.2 Å². The van der Waals surface area contributed by atoms with E-state index in [1.54, 1.807) is 0 Å². The summed E-state index contributed by atoms with van der Waals surface area (Å²) >= 11 is 0. The van der Waals surface area contributed by atoms with Gasteiger partial charge in [0.25, 0.3) is 0 Å². The van der Waals surface area contributed by atoms with Crippen molar-refractivity contribution in [2.75, 3.05) is 5.23 Å². The molecule has 1 aromatic carbocycles. The Morgan fingerprint density at radius 2 is 1.62 bits per heavy atom. The van der Waals surface area contributed by atoms with E-state index in [4.69, 9.17) is 10.4 Å². The number of hydroxylamine groups is 2. The molecule has 0 aromatic heterocycles. The molecule has 0 spiro atoms. The van der Waals surface area contributed by atoms with Crippen LogP contribution in [0.2, 0.25) is 0 Å². The lowest BCUT2D eigenvalue weighted by atomic mass is 10.2. The van der Waals surface area contributed by atoms with Crippen LogP contribution >= 0.6 is 0 Å². The molecule has 0 saturated carbocycles. The normalized spacial score (nSPS) is 10.5. The summed E-state index contributed by atoms with van der Waals surface area (Å²) in [6, 6.07) is 5.59. The highest BCUT2D eigenvalue weighted by Crippen LogP contribution is 2.13. The minimum atomic E-state index is -0.280. The molecular formula is C7H8N2O4-2. The molecule has 0 heterocycles. The zero-order chi connectivity index (χ0) is 9.84. The Kier molecular flexibility index (Phi) is 3.18. The summed E-state index contributed by atoms with van der Waals surface area (Å²) in [5.74, 6) is 0. The number of hydrogen-bond donors (Lipinski definition) is 2. The Bertz CT molecular complexity index is 260. The highest BCUT2D eigenvalue weighted by Gasteiger charge is 1.94. The summed E-state index contributed by atoms with van der Waals surface area (Å²) in [7, 11) is 0. The van der Waals surface area contributed by atoms with Crippen LogP contribution in [0.5, 0.6) is 0 Å². The van der Waals surface area contributed by atoms with Crippen LogP contribution in [0.4, 0.5) is 5.69 Å². The minimum Gasteiger partial charge on any atom is -0.762 e. The monoisotopic (exact) mass is 184 g/mol. The Labute approximate surface area is 74.3 Å². The third-order valence-electron chi connectivity index (χ3n) is 1.48. The van der Waals surface area contributed by atoms with Crippen molar-refractivity contribution in [2.24, 2.45) is 0 Å². The van der Waals surface area contributed by atoms with Gasteiger partial charge >= 0.3 is 0 Å². The van der Waals surface area contributed by atoms with E-state index in [0.717, 1.165) is 0 Å². The molecule has 72 valence electrons. The van der Waals surface area contributed by atoms with Crippen molar-refractivity contribution in [1.29, 1.82) is 0 Å². The largest absolute Gasteiger partial charge is 0.762 e. The van der Waals surface area contributed by atoms with Crippen LogP contribution in [0.25, 0.3) is 0 Å². The van der Waals surface area contributed by atoms with Gasteiger partial charge in [-0.2, -0.15) is 0 Å². The lowest BCUT2D eigenvalue weighted by molar-refractivity contribution is -0.0487. The van der Waals surface area contributed by atoms with Gasteiger partial charge in [0.1, 0.15) is 0 Å². The topological polar surface area (TPSA) is 93.1 Å². The van der Waals surface area contributed by atoms with Crippen LogP contribution in [0, 0.1) is 10.4 Å². The average molecular weight is 184 g/mol. The van der Waals surface area contributed by atoms with Crippen molar-refractivity contribution in [3.8, 4) is 0 Å². The number of rotatable bonds is 3. The highest BCUT2D eigenvalue weighted by atomic mass is 16.8. The molecule has 0 atom stereocenters. The van der Waals surface area contributed by atoms with Gasteiger partial charge in [-0.15, -0.1) is 0 Å². The first kappa shape index (κ1) is 9.90. The van der Waals surface area contributed by atoms with Gasteiger partial charge < -0.3 is 20.8 Å². The smallest absolute Gasteiger partial charge is 0.0508 e. The highest BCUT2D eigenvalue weighted by molar-refractivity contribution is 5.45. The molecule has 1 rings (SSSR count). The molecule has 0 unspecified atom stereocenters. The summed E-state index contributed by atoms with van der Waals surface area (Å²) < 4.78 is 0. The van der Waals surface area contributed by atoms with Crippen LogP contribution in [0.1, 0.15) is 5.56 Å². The molecule has 13 heavy (non-hydrogen) atoms. The quantitative estimate of drug-likeness (QED) is 0.682. The van der Waals surface area contributed by atoms with Gasteiger partial charge in [0.05, 0.1) is 5.69 Å². The van der Waals surface area contributed by atoms with Gasteiger partial charge in [0, 0.05) is 6.54 Å². The van der Waals surface area contributed by atoms with Gasteiger partial charge in [-0.25, -0.2) is 0 Å². The van der Waals surface area contributed by atoms with Crippen molar-refractivity contribution in [2.45, 2.75) is 6.54 Å². The van der Waals surface area contributed by atoms with E-state index in [1.165, 1.54) is 24.3 Å². The van der Waals surface area contributed by atoms with Crippen LogP contribution in [-0.4, -0.2) is 15.6 Å². The molecule has 0 fully saturated rings. The van der Waals surface area contributed by atoms with E-state index >= 15 is 0 Å². The van der Waals surface area contributed by atoms with Crippen LogP contribution in [0.15, 0.2) is 24.3 Å². The van der Waals surface area contributed by atoms with E-state index in [0.29, 0.717) is 5.56 Å². The molecule has 0 amide bonds. The van der Waals surface area contributed by atoms with E-state index < -0.39 is 0 Å². The molecule has 0 aliphatic carbocycles. The first-order valence-electron chi connectivity index (χ1n) is 3.48. The maximum atomic E-state index is 10.3. The maximum Gasteiger partial charge on any atom is 0.0508 e. The molecule has 6 nitrogen and oxygen atoms in total. The summed E-state index contributed by atoms with van der Waals surface area (Å²) in [4.78, 5) is 0. The SMILES string of the molecule is [O-]N(O)Cc1ccc(N([O-])O)cc1. The second-order valence-corrected chi connectivity index (χ2v) is 2.45. The molecule has 0 bridgehead atoms. The van der Waals surface area contributed by atoms with Crippen LogP contribution in [-0.2, 0) is 6.54 Å². The fourth-order valence-corrected chi connectivity index (χ4v) is 0.885. The minimum absolute atomic E-state index is 0.0686. The fourth-order valence-electron chi connectivity index (χ4n) is 0.885. The Morgan fingerprint density at radius 3 is 2.00 bits per heavy atom. The van der Waals surface area contributed by atoms with Gasteiger partial charge in [0.15, 0.2) is 0 Å². The molecule has 1 aromatic rings. The molecule has 0 saturated heterocycles. The lowest BCUT2D eigenvalue weighted by Gasteiger charge is -2.23. The Morgan fingerprint density at radius 1 is 1.08 bits per heavy atom.